The molecule has 4 nitrogen and oxygen atoms in total. The standard InChI is InChI=1S/C10H15N3O/c1-12-8-14-10-4-2-3-9(7-10)5-6-13-11/h2-7,12-13H,8,11H2,1H3/b6-5+. The van der Waals surface area contributed by atoms with Crippen LogP contribution >= 0.6 is 0 Å². The molecule has 0 amide bonds. The molecule has 0 aromatic heterocycles. The fourth-order valence-corrected chi connectivity index (χ4v) is 1.01. The van der Waals surface area contributed by atoms with Gasteiger partial charge in [0.25, 0.3) is 0 Å². The predicted octanol–water partition coefficient (Wildman–Crippen LogP) is 0.676. The Hall–Kier alpha value is -1.52. The molecule has 0 spiro atoms. The van der Waals surface area contributed by atoms with E-state index in [1.54, 1.807) is 6.20 Å². The number of hydrogen-bond acceptors (Lipinski definition) is 4. The number of nitrogens with one attached hydrogen (secondary N) is 2. The van der Waals surface area contributed by atoms with Crippen molar-refractivity contribution < 1.29 is 4.74 Å². The van der Waals surface area contributed by atoms with Gasteiger partial charge in [-0.2, -0.15) is 0 Å². The monoisotopic (exact) mass is 193 g/mol. The second-order valence-corrected chi connectivity index (χ2v) is 2.71. The van der Waals surface area contributed by atoms with E-state index >= 15 is 0 Å². The third kappa shape index (κ3) is 3.47. The van der Waals surface area contributed by atoms with E-state index in [1.165, 1.54) is 0 Å². The normalized spacial score (nSPS) is 10.4. The van der Waals surface area contributed by atoms with E-state index < -0.39 is 0 Å². The summed E-state index contributed by atoms with van der Waals surface area (Å²) < 4.78 is 5.38. The second-order valence-electron chi connectivity index (χ2n) is 2.71. The highest BCUT2D eigenvalue weighted by molar-refractivity contribution is 5.51. The molecule has 76 valence electrons. The smallest absolute Gasteiger partial charge is 0.139 e. The summed E-state index contributed by atoms with van der Waals surface area (Å²) in [4.78, 5) is 0. The first kappa shape index (κ1) is 10.6. The summed E-state index contributed by atoms with van der Waals surface area (Å²) in [5, 5.41) is 2.91. The summed E-state index contributed by atoms with van der Waals surface area (Å²) >= 11 is 0. The van der Waals surface area contributed by atoms with Gasteiger partial charge in [-0.1, -0.05) is 12.1 Å². The van der Waals surface area contributed by atoms with E-state index in [4.69, 9.17) is 10.6 Å². The number of hydrazine groups is 1. The maximum absolute atomic E-state index is 5.38. The summed E-state index contributed by atoms with van der Waals surface area (Å²) in [6.07, 6.45) is 3.53. The van der Waals surface area contributed by atoms with Crippen LogP contribution in [0.2, 0.25) is 0 Å². The van der Waals surface area contributed by atoms with Crippen molar-refractivity contribution in [3.63, 3.8) is 0 Å². The van der Waals surface area contributed by atoms with E-state index in [9.17, 15) is 0 Å². The molecular formula is C10H15N3O. The molecule has 1 aromatic rings. The molecule has 0 aliphatic heterocycles. The quantitative estimate of drug-likeness (QED) is 0.365. The van der Waals surface area contributed by atoms with Gasteiger partial charge in [0, 0.05) is 6.20 Å². The van der Waals surface area contributed by atoms with Crippen LogP contribution in [0.4, 0.5) is 0 Å². The minimum Gasteiger partial charge on any atom is -0.478 e. The number of benzene rings is 1. The van der Waals surface area contributed by atoms with Crippen molar-refractivity contribution in [2.45, 2.75) is 0 Å². The van der Waals surface area contributed by atoms with Gasteiger partial charge in [-0.15, -0.1) is 0 Å². The molecule has 0 atom stereocenters. The number of rotatable bonds is 5. The van der Waals surface area contributed by atoms with Crippen molar-refractivity contribution >= 4 is 6.08 Å². The van der Waals surface area contributed by atoms with Gasteiger partial charge in [0.05, 0.1) is 0 Å². The number of ether oxygens (including phenoxy) is 1. The van der Waals surface area contributed by atoms with Gasteiger partial charge < -0.3 is 10.2 Å². The fraction of sp³-hybridized carbons (Fsp3) is 0.200. The van der Waals surface area contributed by atoms with Gasteiger partial charge in [-0.05, 0) is 30.8 Å². The maximum Gasteiger partial charge on any atom is 0.139 e. The first-order chi connectivity index (χ1) is 6.86. The van der Waals surface area contributed by atoms with Gasteiger partial charge in [0.1, 0.15) is 12.5 Å². The fourth-order valence-electron chi connectivity index (χ4n) is 1.01. The van der Waals surface area contributed by atoms with Crippen molar-refractivity contribution in [2.24, 2.45) is 5.84 Å². The highest BCUT2D eigenvalue weighted by Crippen LogP contribution is 2.13. The van der Waals surface area contributed by atoms with Crippen LogP contribution in [-0.2, 0) is 0 Å². The lowest BCUT2D eigenvalue weighted by Gasteiger charge is -2.05. The molecule has 0 fully saturated rings. The lowest BCUT2D eigenvalue weighted by Crippen LogP contribution is -2.14. The minimum absolute atomic E-state index is 0.502. The van der Waals surface area contributed by atoms with E-state index in [2.05, 4.69) is 10.7 Å². The molecule has 0 saturated heterocycles. The zero-order valence-corrected chi connectivity index (χ0v) is 8.16. The van der Waals surface area contributed by atoms with Gasteiger partial charge in [0.15, 0.2) is 0 Å². The van der Waals surface area contributed by atoms with Crippen LogP contribution < -0.4 is 21.3 Å². The molecule has 1 rings (SSSR count). The van der Waals surface area contributed by atoms with Crippen molar-refractivity contribution in [3.05, 3.63) is 36.0 Å². The minimum atomic E-state index is 0.502. The van der Waals surface area contributed by atoms with Gasteiger partial charge >= 0.3 is 0 Å². The molecule has 0 bridgehead atoms. The third-order valence-corrected chi connectivity index (χ3v) is 1.61. The van der Waals surface area contributed by atoms with Crippen molar-refractivity contribution in [2.75, 3.05) is 13.8 Å². The Balaban J connectivity index is 2.63. The molecule has 0 saturated carbocycles. The Bertz CT molecular complexity index is 299. The zero-order valence-electron chi connectivity index (χ0n) is 8.16. The molecule has 0 radical (unpaired) electrons. The average Bonchev–Trinajstić information content (AvgIpc) is 2.24. The second kappa shape index (κ2) is 6.01. The molecule has 14 heavy (non-hydrogen) atoms. The average molecular weight is 193 g/mol. The van der Waals surface area contributed by atoms with Crippen LogP contribution in [0.25, 0.3) is 6.08 Å². The summed E-state index contributed by atoms with van der Waals surface area (Å²) in [6.45, 7) is 0.502. The zero-order chi connectivity index (χ0) is 10.2. The molecule has 0 heterocycles. The maximum atomic E-state index is 5.38. The van der Waals surface area contributed by atoms with Crippen LogP contribution in [0.1, 0.15) is 5.56 Å². The Morgan fingerprint density at radius 2 is 2.36 bits per heavy atom. The lowest BCUT2D eigenvalue weighted by atomic mass is 10.2. The summed E-state index contributed by atoms with van der Waals surface area (Å²) in [5.74, 6) is 5.95. The Kier molecular flexibility index (Phi) is 4.54. The van der Waals surface area contributed by atoms with Gasteiger partial charge in [0.2, 0.25) is 0 Å². The molecular weight excluding hydrogens is 178 g/mol. The molecule has 4 heteroatoms. The highest BCUT2D eigenvalue weighted by atomic mass is 16.5. The van der Waals surface area contributed by atoms with Gasteiger partial charge in [-0.25, -0.2) is 0 Å². The van der Waals surface area contributed by atoms with E-state index in [-0.39, 0.29) is 0 Å². The summed E-state index contributed by atoms with van der Waals surface area (Å²) in [7, 11) is 1.84. The SMILES string of the molecule is CNCOc1cccc(/C=C/NN)c1. The van der Waals surface area contributed by atoms with E-state index in [1.807, 2.05) is 37.4 Å². The van der Waals surface area contributed by atoms with E-state index in [0.29, 0.717) is 6.73 Å². The van der Waals surface area contributed by atoms with Crippen molar-refractivity contribution in [1.82, 2.24) is 10.7 Å². The largest absolute Gasteiger partial charge is 0.478 e. The number of nitrogens with two attached hydrogens (primary N) is 1. The Morgan fingerprint density at radius 3 is 3.07 bits per heavy atom. The third-order valence-electron chi connectivity index (χ3n) is 1.61. The Labute approximate surface area is 83.7 Å². The highest BCUT2D eigenvalue weighted by Gasteiger charge is 1.92. The van der Waals surface area contributed by atoms with E-state index in [0.717, 1.165) is 11.3 Å². The predicted molar refractivity (Wildman–Crippen MR) is 57.4 cm³/mol. The van der Waals surface area contributed by atoms with Crippen molar-refractivity contribution in [3.8, 4) is 5.75 Å². The van der Waals surface area contributed by atoms with Crippen LogP contribution in [0.5, 0.6) is 5.75 Å². The molecule has 0 aliphatic rings. The molecule has 4 N–H and O–H groups in total. The van der Waals surface area contributed by atoms with Crippen LogP contribution in [-0.4, -0.2) is 13.8 Å². The van der Waals surface area contributed by atoms with Crippen LogP contribution in [0.3, 0.4) is 0 Å². The van der Waals surface area contributed by atoms with Crippen LogP contribution in [0, 0.1) is 0 Å². The molecule has 0 unspecified atom stereocenters. The first-order valence-corrected chi connectivity index (χ1v) is 4.37. The number of hydrogen-bond donors (Lipinski definition) is 3. The summed E-state index contributed by atoms with van der Waals surface area (Å²) in [5.41, 5.74) is 3.48. The topological polar surface area (TPSA) is 59.3 Å². The molecule has 0 aliphatic carbocycles. The lowest BCUT2D eigenvalue weighted by molar-refractivity contribution is 0.296. The first-order valence-electron chi connectivity index (χ1n) is 4.37. The molecule has 1 aromatic carbocycles. The summed E-state index contributed by atoms with van der Waals surface area (Å²) in [6, 6.07) is 7.75. The Morgan fingerprint density at radius 1 is 1.50 bits per heavy atom. The van der Waals surface area contributed by atoms with Gasteiger partial charge in [-0.3, -0.25) is 11.2 Å². The van der Waals surface area contributed by atoms with Crippen LogP contribution in [0.15, 0.2) is 30.5 Å². The van der Waals surface area contributed by atoms with Crippen molar-refractivity contribution in [1.29, 1.82) is 0 Å².